The summed E-state index contributed by atoms with van der Waals surface area (Å²) in [6, 6.07) is 14.2. The Balaban J connectivity index is 1.86. The van der Waals surface area contributed by atoms with Crippen molar-refractivity contribution in [3.05, 3.63) is 70.3 Å². The monoisotopic (exact) mass is 398 g/mol. The molecule has 8 nitrogen and oxygen atoms in total. The third-order valence-electron chi connectivity index (χ3n) is 4.65. The number of nitrogens with one attached hydrogen (secondary N) is 3. The molecule has 2 atom stereocenters. The smallest absolute Gasteiger partial charge is 0.269 e. The van der Waals surface area contributed by atoms with Crippen molar-refractivity contribution in [2.24, 2.45) is 5.92 Å². The van der Waals surface area contributed by atoms with Gasteiger partial charge in [0.25, 0.3) is 11.6 Å². The van der Waals surface area contributed by atoms with Gasteiger partial charge in [0.1, 0.15) is 6.04 Å². The van der Waals surface area contributed by atoms with E-state index in [0.29, 0.717) is 18.7 Å². The second-order valence-corrected chi connectivity index (χ2v) is 6.72. The van der Waals surface area contributed by atoms with Crippen LogP contribution in [0.2, 0.25) is 0 Å². The largest absolute Gasteiger partial charge is 0.383 e. The maximum atomic E-state index is 12.6. The van der Waals surface area contributed by atoms with Gasteiger partial charge in [0.2, 0.25) is 5.91 Å². The minimum absolute atomic E-state index is 0.0226. The van der Waals surface area contributed by atoms with Gasteiger partial charge in [0, 0.05) is 36.5 Å². The fourth-order valence-corrected chi connectivity index (χ4v) is 2.72. The van der Waals surface area contributed by atoms with Gasteiger partial charge in [0.15, 0.2) is 0 Å². The Morgan fingerprint density at radius 2 is 1.69 bits per heavy atom. The molecule has 0 saturated carbocycles. The summed E-state index contributed by atoms with van der Waals surface area (Å²) in [4.78, 5) is 35.2. The third-order valence-corrected chi connectivity index (χ3v) is 4.65. The number of hydrogen-bond donors (Lipinski definition) is 3. The van der Waals surface area contributed by atoms with Crippen LogP contribution in [0.25, 0.3) is 0 Å². The summed E-state index contributed by atoms with van der Waals surface area (Å²) >= 11 is 0. The maximum absolute atomic E-state index is 12.6. The first-order chi connectivity index (χ1) is 13.9. The minimum Gasteiger partial charge on any atom is -0.383 e. The summed E-state index contributed by atoms with van der Waals surface area (Å²) in [5.41, 5.74) is 1.25. The van der Waals surface area contributed by atoms with Gasteiger partial charge in [-0.1, -0.05) is 38.5 Å². The molecule has 3 N–H and O–H groups in total. The minimum atomic E-state index is -0.632. The number of anilines is 1. The topological polar surface area (TPSA) is 113 Å². The van der Waals surface area contributed by atoms with Crippen LogP contribution in [0.5, 0.6) is 0 Å². The van der Waals surface area contributed by atoms with Gasteiger partial charge in [-0.2, -0.15) is 0 Å². The normalized spacial score (nSPS) is 12.5. The Morgan fingerprint density at radius 1 is 1.03 bits per heavy atom. The lowest BCUT2D eigenvalue weighted by Crippen LogP contribution is -2.50. The SMILES string of the molecule is CCC(C)C(NC(=O)c1ccccc1)C(=O)NCCNc1ccc([N+](=O)[O-])cc1. The first-order valence-corrected chi connectivity index (χ1v) is 9.54. The van der Waals surface area contributed by atoms with E-state index in [2.05, 4.69) is 16.0 Å². The Hall–Kier alpha value is -3.42. The van der Waals surface area contributed by atoms with E-state index in [1.807, 2.05) is 19.9 Å². The van der Waals surface area contributed by atoms with E-state index in [1.165, 1.54) is 12.1 Å². The zero-order valence-electron chi connectivity index (χ0n) is 16.6. The van der Waals surface area contributed by atoms with E-state index in [1.54, 1.807) is 36.4 Å². The predicted molar refractivity (Wildman–Crippen MR) is 112 cm³/mol. The standard InChI is InChI=1S/C21H26N4O4/c1-3-15(2)19(24-20(26)16-7-5-4-6-8-16)21(27)23-14-13-22-17-9-11-18(12-10-17)25(28)29/h4-12,15,19,22H,3,13-14H2,1-2H3,(H,23,27)(H,24,26). The van der Waals surface area contributed by atoms with Crippen LogP contribution in [0, 0.1) is 16.0 Å². The van der Waals surface area contributed by atoms with E-state index in [9.17, 15) is 19.7 Å². The van der Waals surface area contributed by atoms with Crippen LogP contribution < -0.4 is 16.0 Å². The predicted octanol–water partition coefficient (Wildman–Crippen LogP) is 2.97. The highest BCUT2D eigenvalue weighted by molar-refractivity contribution is 5.97. The number of nitrogens with zero attached hydrogens (tertiary/aromatic N) is 1. The molecule has 0 aliphatic rings. The Kier molecular flexibility index (Phi) is 8.14. The summed E-state index contributed by atoms with van der Waals surface area (Å²) in [5, 5.41) is 19.4. The number of non-ortho nitro benzene ring substituents is 1. The molecule has 2 amide bonds. The molecule has 8 heteroatoms. The van der Waals surface area contributed by atoms with Crippen molar-refractivity contribution in [2.45, 2.75) is 26.3 Å². The number of nitro benzene ring substituents is 1. The molecule has 0 aliphatic carbocycles. The van der Waals surface area contributed by atoms with Crippen LogP contribution in [0.4, 0.5) is 11.4 Å². The highest BCUT2D eigenvalue weighted by Gasteiger charge is 2.25. The van der Waals surface area contributed by atoms with Crippen molar-refractivity contribution in [2.75, 3.05) is 18.4 Å². The molecule has 154 valence electrons. The molecule has 0 fully saturated rings. The van der Waals surface area contributed by atoms with Gasteiger partial charge in [0.05, 0.1) is 4.92 Å². The number of hydrogen-bond acceptors (Lipinski definition) is 5. The molecule has 0 spiro atoms. The highest BCUT2D eigenvalue weighted by atomic mass is 16.6. The van der Waals surface area contributed by atoms with Crippen LogP contribution in [-0.2, 0) is 4.79 Å². The van der Waals surface area contributed by atoms with Crippen molar-refractivity contribution in [3.8, 4) is 0 Å². The van der Waals surface area contributed by atoms with Gasteiger partial charge in [-0.05, 0) is 30.2 Å². The van der Waals surface area contributed by atoms with Gasteiger partial charge < -0.3 is 16.0 Å². The molecular formula is C21H26N4O4. The fourth-order valence-electron chi connectivity index (χ4n) is 2.72. The molecule has 0 heterocycles. The second-order valence-electron chi connectivity index (χ2n) is 6.72. The molecule has 2 aromatic carbocycles. The van der Waals surface area contributed by atoms with Crippen molar-refractivity contribution in [3.63, 3.8) is 0 Å². The van der Waals surface area contributed by atoms with E-state index in [-0.39, 0.29) is 23.4 Å². The summed E-state index contributed by atoms with van der Waals surface area (Å²) in [7, 11) is 0. The Bertz CT molecular complexity index is 824. The van der Waals surface area contributed by atoms with Crippen molar-refractivity contribution in [1.29, 1.82) is 0 Å². The zero-order chi connectivity index (χ0) is 21.2. The molecule has 0 aromatic heterocycles. The number of carbonyl (C=O) groups excluding carboxylic acids is 2. The molecule has 2 rings (SSSR count). The molecule has 0 bridgehead atoms. The zero-order valence-corrected chi connectivity index (χ0v) is 16.6. The average Bonchev–Trinajstić information content (AvgIpc) is 2.75. The number of carbonyl (C=O) groups is 2. The highest BCUT2D eigenvalue weighted by Crippen LogP contribution is 2.15. The average molecular weight is 398 g/mol. The third kappa shape index (κ3) is 6.60. The van der Waals surface area contributed by atoms with Crippen LogP contribution in [0.1, 0.15) is 30.6 Å². The fraction of sp³-hybridized carbons (Fsp3) is 0.333. The van der Waals surface area contributed by atoms with Crippen LogP contribution in [0.15, 0.2) is 54.6 Å². The maximum Gasteiger partial charge on any atom is 0.269 e. The summed E-state index contributed by atoms with van der Waals surface area (Å²) in [5.74, 6) is -0.547. The lowest BCUT2D eigenvalue weighted by molar-refractivity contribution is -0.384. The number of amides is 2. The molecule has 0 radical (unpaired) electrons. The molecule has 0 saturated heterocycles. The van der Waals surface area contributed by atoms with Crippen LogP contribution >= 0.6 is 0 Å². The summed E-state index contributed by atoms with van der Waals surface area (Å²) < 4.78 is 0. The lowest BCUT2D eigenvalue weighted by atomic mass is 9.98. The molecule has 2 aromatic rings. The van der Waals surface area contributed by atoms with Crippen LogP contribution in [0.3, 0.4) is 0 Å². The molecule has 29 heavy (non-hydrogen) atoms. The summed E-state index contributed by atoms with van der Waals surface area (Å²) in [6.07, 6.45) is 0.744. The van der Waals surface area contributed by atoms with E-state index in [4.69, 9.17) is 0 Å². The van der Waals surface area contributed by atoms with E-state index in [0.717, 1.165) is 12.1 Å². The molecular weight excluding hydrogens is 372 g/mol. The van der Waals surface area contributed by atoms with E-state index < -0.39 is 11.0 Å². The summed E-state index contributed by atoms with van der Waals surface area (Å²) in [6.45, 7) is 4.69. The molecule has 0 aliphatic heterocycles. The first kappa shape index (κ1) is 21.9. The van der Waals surface area contributed by atoms with Crippen molar-refractivity contribution >= 4 is 23.2 Å². The van der Waals surface area contributed by atoms with Crippen molar-refractivity contribution in [1.82, 2.24) is 10.6 Å². The van der Waals surface area contributed by atoms with Crippen LogP contribution in [-0.4, -0.2) is 35.9 Å². The van der Waals surface area contributed by atoms with E-state index >= 15 is 0 Å². The number of rotatable bonds is 10. The van der Waals surface area contributed by atoms with Gasteiger partial charge in [-0.15, -0.1) is 0 Å². The second kappa shape index (κ2) is 10.8. The molecule has 2 unspecified atom stereocenters. The Labute approximate surface area is 169 Å². The number of benzene rings is 2. The van der Waals surface area contributed by atoms with Gasteiger partial charge >= 0.3 is 0 Å². The first-order valence-electron chi connectivity index (χ1n) is 9.54. The quantitative estimate of drug-likeness (QED) is 0.323. The lowest BCUT2D eigenvalue weighted by Gasteiger charge is -2.23. The van der Waals surface area contributed by atoms with Gasteiger partial charge in [-0.25, -0.2) is 0 Å². The van der Waals surface area contributed by atoms with Gasteiger partial charge in [-0.3, -0.25) is 19.7 Å². The number of nitro groups is 1. The Morgan fingerprint density at radius 3 is 2.28 bits per heavy atom. The van der Waals surface area contributed by atoms with Crippen molar-refractivity contribution < 1.29 is 14.5 Å².